The Morgan fingerprint density at radius 3 is 2.35 bits per heavy atom. The highest BCUT2D eigenvalue weighted by Gasteiger charge is 2.38. The van der Waals surface area contributed by atoms with Gasteiger partial charge in [0.05, 0.1) is 12.0 Å². The van der Waals surface area contributed by atoms with Crippen molar-refractivity contribution in [2.75, 3.05) is 6.54 Å². The number of rotatable bonds is 4. The van der Waals surface area contributed by atoms with E-state index in [0.29, 0.717) is 12.3 Å². The molecule has 0 bridgehead atoms. The Morgan fingerprint density at radius 1 is 1.09 bits per heavy atom. The molecule has 1 fully saturated rings. The number of likely N-dealkylation sites (tertiary alicyclic amines) is 1. The molecular formula is C19H19NO3. The van der Waals surface area contributed by atoms with Gasteiger partial charge in [-0.3, -0.25) is 9.59 Å². The Morgan fingerprint density at radius 2 is 1.70 bits per heavy atom. The van der Waals surface area contributed by atoms with Crippen molar-refractivity contribution >= 4 is 11.9 Å². The first kappa shape index (κ1) is 15.3. The van der Waals surface area contributed by atoms with Gasteiger partial charge in [-0.25, -0.2) is 0 Å². The predicted octanol–water partition coefficient (Wildman–Crippen LogP) is 3.20. The van der Waals surface area contributed by atoms with Crippen molar-refractivity contribution in [3.05, 3.63) is 66.2 Å². The molecule has 0 radical (unpaired) electrons. The van der Waals surface area contributed by atoms with Crippen LogP contribution < -0.4 is 4.74 Å². The molecule has 0 aliphatic carbocycles. The van der Waals surface area contributed by atoms with E-state index in [4.69, 9.17) is 4.74 Å². The minimum Gasteiger partial charge on any atom is -0.426 e. The fraction of sp³-hybridized carbons (Fsp3) is 0.263. The third-order valence-electron chi connectivity index (χ3n) is 4.20. The van der Waals surface area contributed by atoms with Crippen molar-refractivity contribution in [2.24, 2.45) is 5.92 Å². The molecule has 1 aliphatic heterocycles. The lowest BCUT2D eigenvalue weighted by Crippen LogP contribution is -2.30. The fourth-order valence-electron chi connectivity index (χ4n) is 2.86. The predicted molar refractivity (Wildman–Crippen MR) is 86.8 cm³/mol. The van der Waals surface area contributed by atoms with Gasteiger partial charge in [-0.15, -0.1) is 0 Å². The maximum absolute atomic E-state index is 12.3. The molecule has 1 aliphatic rings. The van der Waals surface area contributed by atoms with Gasteiger partial charge in [-0.05, 0) is 24.6 Å². The smallest absolute Gasteiger partial charge is 0.316 e. The van der Waals surface area contributed by atoms with Crippen LogP contribution in [0.25, 0.3) is 0 Å². The number of hydrogen-bond acceptors (Lipinski definition) is 3. The lowest BCUT2D eigenvalue weighted by atomic mass is 10.1. The van der Waals surface area contributed by atoms with Gasteiger partial charge < -0.3 is 9.64 Å². The van der Waals surface area contributed by atoms with Gasteiger partial charge in [0.1, 0.15) is 5.75 Å². The van der Waals surface area contributed by atoms with Gasteiger partial charge >= 0.3 is 5.97 Å². The Kier molecular flexibility index (Phi) is 4.42. The van der Waals surface area contributed by atoms with Gasteiger partial charge in [0, 0.05) is 13.0 Å². The van der Waals surface area contributed by atoms with Gasteiger partial charge in [0.15, 0.2) is 0 Å². The number of hydrogen-bond donors (Lipinski definition) is 0. The number of para-hydroxylation sites is 1. The maximum atomic E-state index is 12.3. The van der Waals surface area contributed by atoms with E-state index in [2.05, 4.69) is 0 Å². The molecule has 0 unspecified atom stereocenters. The molecule has 0 aromatic heterocycles. The highest BCUT2D eigenvalue weighted by Crippen LogP contribution is 2.29. The zero-order valence-electron chi connectivity index (χ0n) is 13.0. The van der Waals surface area contributed by atoms with Gasteiger partial charge in [0.25, 0.3) is 0 Å². The molecule has 2 atom stereocenters. The van der Waals surface area contributed by atoms with Crippen molar-refractivity contribution in [3.8, 4) is 5.75 Å². The summed E-state index contributed by atoms with van der Waals surface area (Å²) in [7, 11) is 0. The van der Waals surface area contributed by atoms with E-state index in [1.54, 1.807) is 17.0 Å². The molecule has 1 heterocycles. The van der Waals surface area contributed by atoms with Crippen LogP contribution in [0.3, 0.4) is 0 Å². The largest absolute Gasteiger partial charge is 0.426 e. The summed E-state index contributed by atoms with van der Waals surface area (Å²) in [4.78, 5) is 26.3. The number of carbonyl (C=O) groups is 2. The Labute approximate surface area is 135 Å². The second-order valence-electron chi connectivity index (χ2n) is 5.77. The van der Waals surface area contributed by atoms with Crippen LogP contribution in [0.15, 0.2) is 60.7 Å². The van der Waals surface area contributed by atoms with E-state index in [1.165, 1.54) is 0 Å². The van der Waals surface area contributed by atoms with Crippen LogP contribution in [-0.2, 0) is 9.59 Å². The zero-order chi connectivity index (χ0) is 16.2. The van der Waals surface area contributed by atoms with E-state index in [-0.39, 0.29) is 24.3 Å². The van der Waals surface area contributed by atoms with E-state index in [9.17, 15) is 9.59 Å². The minimum atomic E-state index is -0.408. The second-order valence-corrected chi connectivity index (χ2v) is 5.77. The molecular weight excluding hydrogens is 290 g/mol. The Balaban J connectivity index is 1.66. The standard InChI is InChI=1S/C19H19NO3/c1-14(15-8-4-2-5-9-15)20-13-16(12-18(20)21)19(22)23-17-10-6-3-7-11-17/h2-11,14,16H,12-13H2,1H3/t14-,16+/m0/s1. The first-order valence-corrected chi connectivity index (χ1v) is 7.76. The minimum absolute atomic E-state index is 0.00337. The summed E-state index contributed by atoms with van der Waals surface area (Å²) < 4.78 is 5.36. The van der Waals surface area contributed by atoms with Crippen LogP contribution in [0.4, 0.5) is 0 Å². The van der Waals surface area contributed by atoms with Crippen LogP contribution >= 0.6 is 0 Å². The number of carbonyl (C=O) groups excluding carboxylic acids is 2. The van der Waals surface area contributed by atoms with Crippen molar-refractivity contribution in [2.45, 2.75) is 19.4 Å². The molecule has 0 spiro atoms. The third kappa shape index (κ3) is 3.42. The molecule has 0 saturated carbocycles. The van der Waals surface area contributed by atoms with E-state index >= 15 is 0 Å². The first-order chi connectivity index (χ1) is 11.1. The Hall–Kier alpha value is -2.62. The second kappa shape index (κ2) is 6.65. The molecule has 3 rings (SSSR count). The summed E-state index contributed by atoms with van der Waals surface area (Å²) in [5.74, 6) is -0.239. The van der Waals surface area contributed by atoms with Crippen molar-refractivity contribution < 1.29 is 14.3 Å². The normalized spacial score (nSPS) is 18.7. The number of ether oxygens (including phenoxy) is 1. The molecule has 2 aromatic rings. The lowest BCUT2D eigenvalue weighted by molar-refractivity contribution is -0.139. The quantitative estimate of drug-likeness (QED) is 0.643. The van der Waals surface area contributed by atoms with E-state index < -0.39 is 5.92 Å². The number of esters is 1. The van der Waals surface area contributed by atoms with Crippen LogP contribution in [0.2, 0.25) is 0 Å². The molecule has 23 heavy (non-hydrogen) atoms. The van der Waals surface area contributed by atoms with Crippen LogP contribution in [0.5, 0.6) is 5.75 Å². The third-order valence-corrected chi connectivity index (χ3v) is 4.20. The SMILES string of the molecule is C[C@@H](c1ccccc1)N1C[C@H](C(=O)Oc2ccccc2)CC1=O. The summed E-state index contributed by atoms with van der Waals surface area (Å²) in [5, 5.41) is 0. The van der Waals surface area contributed by atoms with Crippen molar-refractivity contribution in [3.63, 3.8) is 0 Å². The van der Waals surface area contributed by atoms with Gasteiger partial charge in [0.2, 0.25) is 5.91 Å². The lowest BCUT2D eigenvalue weighted by Gasteiger charge is -2.25. The maximum Gasteiger partial charge on any atom is 0.316 e. The molecule has 118 valence electrons. The summed E-state index contributed by atoms with van der Waals surface area (Å²) in [6.07, 6.45) is 0.211. The molecule has 1 saturated heterocycles. The highest BCUT2D eigenvalue weighted by molar-refractivity contribution is 5.87. The van der Waals surface area contributed by atoms with Crippen LogP contribution in [-0.4, -0.2) is 23.3 Å². The molecule has 1 amide bonds. The first-order valence-electron chi connectivity index (χ1n) is 7.76. The summed E-state index contributed by atoms with van der Waals surface area (Å²) in [6, 6.07) is 18.7. The topological polar surface area (TPSA) is 46.6 Å². The zero-order valence-corrected chi connectivity index (χ0v) is 13.0. The average Bonchev–Trinajstić information content (AvgIpc) is 2.98. The highest BCUT2D eigenvalue weighted by atomic mass is 16.5. The molecule has 4 heteroatoms. The van der Waals surface area contributed by atoms with Crippen molar-refractivity contribution in [1.82, 2.24) is 4.90 Å². The van der Waals surface area contributed by atoms with Crippen molar-refractivity contribution in [1.29, 1.82) is 0 Å². The summed E-state index contributed by atoms with van der Waals surface area (Å²) in [6.45, 7) is 2.39. The molecule has 4 nitrogen and oxygen atoms in total. The molecule has 2 aromatic carbocycles. The average molecular weight is 309 g/mol. The number of nitrogens with zero attached hydrogens (tertiary/aromatic N) is 1. The van der Waals surface area contributed by atoms with Crippen LogP contribution in [0, 0.1) is 5.92 Å². The van der Waals surface area contributed by atoms with E-state index in [0.717, 1.165) is 5.56 Å². The van der Waals surface area contributed by atoms with Gasteiger partial charge in [-0.2, -0.15) is 0 Å². The summed E-state index contributed by atoms with van der Waals surface area (Å²) in [5.41, 5.74) is 1.07. The number of amides is 1. The van der Waals surface area contributed by atoms with Crippen LogP contribution in [0.1, 0.15) is 24.9 Å². The Bertz CT molecular complexity index is 684. The van der Waals surface area contributed by atoms with E-state index in [1.807, 2.05) is 55.5 Å². The molecule has 0 N–H and O–H groups in total. The monoisotopic (exact) mass is 309 g/mol. The van der Waals surface area contributed by atoms with Gasteiger partial charge in [-0.1, -0.05) is 48.5 Å². The number of benzene rings is 2. The summed E-state index contributed by atoms with van der Waals surface area (Å²) >= 11 is 0. The fourth-order valence-corrected chi connectivity index (χ4v) is 2.86.